The van der Waals surface area contributed by atoms with Crippen LogP contribution in [0.3, 0.4) is 0 Å². The minimum atomic E-state index is -0.910. The molecule has 1 aromatic heterocycles. The molecule has 2 N–H and O–H groups in total. The highest BCUT2D eigenvalue weighted by atomic mass is 16.4. The summed E-state index contributed by atoms with van der Waals surface area (Å²) < 4.78 is 5.17. The third-order valence-electron chi connectivity index (χ3n) is 2.53. The summed E-state index contributed by atoms with van der Waals surface area (Å²) in [6.07, 6.45) is 1.99. The number of carbonyl (C=O) groups excluding carboxylic acids is 1. The first-order valence-electron chi connectivity index (χ1n) is 4.99. The Labute approximate surface area is 91.7 Å². The Bertz CT molecular complexity index is 426. The lowest BCUT2D eigenvalue weighted by Crippen LogP contribution is -2.26. The number of rotatable bonds is 4. The Morgan fingerprint density at radius 3 is 2.88 bits per heavy atom. The Morgan fingerprint density at radius 2 is 2.38 bits per heavy atom. The molecule has 0 bridgehead atoms. The van der Waals surface area contributed by atoms with Crippen LogP contribution in [0, 0.1) is 18.8 Å². The number of carboxylic acid groups (broad SMARTS) is 1. The molecule has 1 heterocycles. The van der Waals surface area contributed by atoms with Crippen LogP contribution in [0.1, 0.15) is 18.1 Å². The molecule has 0 unspecified atom stereocenters. The van der Waals surface area contributed by atoms with Gasteiger partial charge in [0, 0.05) is 0 Å². The second-order valence-electron chi connectivity index (χ2n) is 3.87. The van der Waals surface area contributed by atoms with E-state index in [0.717, 1.165) is 0 Å². The number of hydrogen-bond donors (Lipinski definition) is 2. The van der Waals surface area contributed by atoms with Gasteiger partial charge in [-0.2, -0.15) is 0 Å². The van der Waals surface area contributed by atoms with E-state index in [0.29, 0.717) is 18.1 Å². The van der Waals surface area contributed by atoms with E-state index >= 15 is 0 Å². The van der Waals surface area contributed by atoms with Crippen LogP contribution in [-0.4, -0.2) is 22.0 Å². The molecular weight excluding hydrogens is 212 g/mol. The molecule has 1 amide bonds. The largest absolute Gasteiger partial charge is 0.481 e. The number of carbonyl (C=O) groups is 2. The predicted molar refractivity (Wildman–Crippen MR) is 52.3 cm³/mol. The van der Waals surface area contributed by atoms with Crippen LogP contribution in [0.4, 0.5) is 0 Å². The molecule has 0 aliphatic heterocycles. The van der Waals surface area contributed by atoms with Gasteiger partial charge in [-0.15, -0.1) is 0 Å². The molecule has 1 aliphatic rings. The van der Waals surface area contributed by atoms with Crippen LogP contribution in [0.2, 0.25) is 0 Å². The molecule has 16 heavy (non-hydrogen) atoms. The number of amides is 1. The fraction of sp³-hybridized carbons (Fsp3) is 0.500. The first kappa shape index (κ1) is 10.7. The van der Waals surface area contributed by atoms with Crippen molar-refractivity contribution in [3.05, 3.63) is 17.8 Å². The van der Waals surface area contributed by atoms with Gasteiger partial charge in [0.1, 0.15) is 5.76 Å². The molecule has 1 aromatic rings. The number of aryl methyl sites for hydroxylation is 1. The molecule has 6 heteroatoms. The molecule has 2 rings (SSSR count). The van der Waals surface area contributed by atoms with Crippen molar-refractivity contribution in [3.63, 3.8) is 0 Å². The molecule has 6 nitrogen and oxygen atoms in total. The Kier molecular flexibility index (Phi) is 2.64. The van der Waals surface area contributed by atoms with E-state index in [1.165, 1.54) is 0 Å². The first-order valence-corrected chi connectivity index (χ1v) is 4.99. The van der Waals surface area contributed by atoms with Gasteiger partial charge in [0.05, 0.1) is 24.6 Å². The van der Waals surface area contributed by atoms with Crippen molar-refractivity contribution in [2.45, 2.75) is 19.9 Å². The zero-order chi connectivity index (χ0) is 11.7. The summed E-state index contributed by atoms with van der Waals surface area (Å²) >= 11 is 0. The number of carboxylic acids is 1. The highest BCUT2D eigenvalue weighted by molar-refractivity contribution is 5.89. The third kappa shape index (κ3) is 2.21. The smallest absolute Gasteiger partial charge is 0.307 e. The fourth-order valence-corrected chi connectivity index (χ4v) is 1.53. The molecule has 1 aliphatic carbocycles. The molecule has 0 radical (unpaired) electrons. The number of oxazole rings is 1. The number of nitrogens with one attached hydrogen (secondary N) is 1. The van der Waals surface area contributed by atoms with Gasteiger partial charge in [0.2, 0.25) is 11.8 Å². The maximum absolute atomic E-state index is 11.5. The van der Waals surface area contributed by atoms with Gasteiger partial charge in [-0.1, -0.05) is 0 Å². The second-order valence-corrected chi connectivity index (χ2v) is 3.87. The van der Waals surface area contributed by atoms with E-state index in [9.17, 15) is 9.59 Å². The average molecular weight is 224 g/mol. The van der Waals surface area contributed by atoms with Crippen molar-refractivity contribution in [3.8, 4) is 0 Å². The van der Waals surface area contributed by atoms with E-state index in [4.69, 9.17) is 9.52 Å². The number of hydrogen-bond acceptors (Lipinski definition) is 4. The van der Waals surface area contributed by atoms with Gasteiger partial charge in [0.15, 0.2) is 0 Å². The molecular formula is C10H12N2O4. The van der Waals surface area contributed by atoms with Crippen LogP contribution >= 0.6 is 0 Å². The van der Waals surface area contributed by atoms with Crippen molar-refractivity contribution >= 4 is 11.9 Å². The van der Waals surface area contributed by atoms with Gasteiger partial charge in [-0.05, 0) is 13.3 Å². The molecule has 0 aromatic carbocycles. The average Bonchev–Trinajstić information content (AvgIpc) is 2.93. The van der Waals surface area contributed by atoms with E-state index in [2.05, 4.69) is 10.3 Å². The van der Waals surface area contributed by atoms with Crippen LogP contribution in [0.15, 0.2) is 10.6 Å². The third-order valence-corrected chi connectivity index (χ3v) is 2.53. The topological polar surface area (TPSA) is 92.4 Å². The SMILES string of the molecule is Cc1cnc(CNC(=O)[C@@H]2C[C@@H]2C(=O)O)o1. The van der Waals surface area contributed by atoms with Crippen molar-refractivity contribution < 1.29 is 19.1 Å². The first-order chi connectivity index (χ1) is 7.58. The quantitative estimate of drug-likeness (QED) is 0.768. The zero-order valence-electron chi connectivity index (χ0n) is 8.77. The van der Waals surface area contributed by atoms with Crippen molar-refractivity contribution in [1.29, 1.82) is 0 Å². The minimum absolute atomic E-state index is 0.204. The second kappa shape index (κ2) is 3.96. The van der Waals surface area contributed by atoms with Crippen molar-refractivity contribution in [2.24, 2.45) is 11.8 Å². The Balaban J connectivity index is 1.79. The Hall–Kier alpha value is -1.85. The molecule has 2 atom stereocenters. The van der Waals surface area contributed by atoms with Crippen LogP contribution in [0.25, 0.3) is 0 Å². The summed E-state index contributed by atoms with van der Waals surface area (Å²) in [6.45, 7) is 1.97. The summed E-state index contributed by atoms with van der Waals surface area (Å²) in [7, 11) is 0. The number of aliphatic carboxylic acids is 1. The summed E-state index contributed by atoms with van der Waals surface area (Å²) in [5.41, 5.74) is 0. The van der Waals surface area contributed by atoms with E-state index in [1.54, 1.807) is 13.1 Å². The summed E-state index contributed by atoms with van der Waals surface area (Å²) in [5.74, 6) is -0.965. The summed E-state index contributed by atoms with van der Waals surface area (Å²) in [4.78, 5) is 25.9. The summed E-state index contributed by atoms with van der Waals surface area (Å²) in [6, 6.07) is 0. The van der Waals surface area contributed by atoms with Crippen LogP contribution in [-0.2, 0) is 16.1 Å². The molecule has 1 saturated carbocycles. The summed E-state index contributed by atoms with van der Waals surface area (Å²) in [5, 5.41) is 11.3. The van der Waals surface area contributed by atoms with Crippen LogP contribution < -0.4 is 5.32 Å². The molecule has 0 saturated heterocycles. The maximum atomic E-state index is 11.5. The monoisotopic (exact) mass is 224 g/mol. The van der Waals surface area contributed by atoms with Gasteiger partial charge >= 0.3 is 5.97 Å². The van der Waals surface area contributed by atoms with Crippen molar-refractivity contribution in [1.82, 2.24) is 10.3 Å². The lowest BCUT2D eigenvalue weighted by atomic mass is 10.3. The predicted octanol–water partition coefficient (Wildman–Crippen LogP) is 0.320. The maximum Gasteiger partial charge on any atom is 0.307 e. The van der Waals surface area contributed by atoms with Gasteiger partial charge in [0.25, 0.3) is 0 Å². The molecule has 0 spiro atoms. The number of aromatic nitrogens is 1. The van der Waals surface area contributed by atoms with E-state index in [1.807, 2.05) is 0 Å². The lowest BCUT2D eigenvalue weighted by Gasteiger charge is -2.00. The van der Waals surface area contributed by atoms with Crippen molar-refractivity contribution in [2.75, 3.05) is 0 Å². The van der Waals surface area contributed by atoms with Gasteiger partial charge in [-0.3, -0.25) is 9.59 Å². The fourth-order valence-electron chi connectivity index (χ4n) is 1.53. The molecule has 86 valence electrons. The Morgan fingerprint density at radius 1 is 1.62 bits per heavy atom. The molecule has 1 fully saturated rings. The van der Waals surface area contributed by atoms with E-state index in [-0.39, 0.29) is 12.5 Å². The van der Waals surface area contributed by atoms with Gasteiger partial charge in [-0.25, -0.2) is 4.98 Å². The highest BCUT2D eigenvalue weighted by Crippen LogP contribution is 2.38. The number of nitrogens with zero attached hydrogens (tertiary/aromatic N) is 1. The minimum Gasteiger partial charge on any atom is -0.481 e. The van der Waals surface area contributed by atoms with Gasteiger partial charge < -0.3 is 14.8 Å². The highest BCUT2D eigenvalue weighted by Gasteiger charge is 2.48. The van der Waals surface area contributed by atoms with Crippen LogP contribution in [0.5, 0.6) is 0 Å². The lowest BCUT2D eigenvalue weighted by molar-refractivity contribution is -0.140. The van der Waals surface area contributed by atoms with E-state index < -0.39 is 17.8 Å². The zero-order valence-corrected chi connectivity index (χ0v) is 8.77. The normalized spacial score (nSPS) is 22.8. The standard InChI is InChI=1S/C10H12N2O4/c1-5-3-11-8(16-5)4-12-9(13)6-2-7(6)10(14)15/h3,6-7H,2,4H2,1H3,(H,12,13)(H,14,15)/t6-,7+/m1/s1.